The molecule has 7 heteroatoms. The predicted molar refractivity (Wildman–Crippen MR) is 86.6 cm³/mol. The van der Waals surface area contributed by atoms with Gasteiger partial charge in [-0.05, 0) is 31.8 Å². The molecule has 6 nitrogen and oxygen atoms in total. The van der Waals surface area contributed by atoms with Gasteiger partial charge >= 0.3 is 0 Å². The van der Waals surface area contributed by atoms with Crippen LogP contribution < -0.4 is 10.6 Å². The highest BCUT2D eigenvalue weighted by Crippen LogP contribution is 2.06. The summed E-state index contributed by atoms with van der Waals surface area (Å²) in [5.41, 5.74) is 1.33. The first-order valence-electron chi connectivity index (χ1n) is 7.28. The monoisotopic (exact) mass is 317 g/mol. The molecule has 2 aromatic rings. The summed E-state index contributed by atoms with van der Waals surface area (Å²) in [4.78, 5) is 22.1. The average Bonchev–Trinajstić information content (AvgIpc) is 2.54. The van der Waals surface area contributed by atoms with Crippen LogP contribution in [-0.2, 0) is 6.54 Å². The molecule has 0 aliphatic carbocycles. The second-order valence-electron chi connectivity index (χ2n) is 5.33. The van der Waals surface area contributed by atoms with Crippen molar-refractivity contribution in [3.63, 3.8) is 0 Å². The minimum absolute atomic E-state index is 0.197. The number of benzene rings is 1. The van der Waals surface area contributed by atoms with Crippen molar-refractivity contribution in [3.05, 3.63) is 53.6 Å². The lowest BCUT2D eigenvalue weighted by Gasteiger charge is -2.10. The fraction of sp³-hybridized carbons (Fsp3) is 0.312. The molecule has 2 rings (SSSR count). The predicted octanol–water partition coefficient (Wildman–Crippen LogP) is 1.52. The number of aromatic nitrogens is 2. The number of carbonyl (C=O) groups excluding carboxylic acids is 1. The molecule has 0 atom stereocenters. The number of hydrogen-bond acceptors (Lipinski definition) is 5. The number of likely N-dealkylation sites (N-methyl/N-ethyl adjacent to an activating group) is 1. The van der Waals surface area contributed by atoms with Crippen LogP contribution in [0, 0.1) is 5.82 Å². The topological polar surface area (TPSA) is 70.2 Å². The molecule has 1 aromatic heterocycles. The van der Waals surface area contributed by atoms with E-state index in [1.54, 1.807) is 12.1 Å². The highest BCUT2D eigenvalue weighted by Gasteiger charge is 2.06. The minimum Gasteiger partial charge on any atom is -0.351 e. The Hall–Kier alpha value is -2.54. The summed E-state index contributed by atoms with van der Waals surface area (Å²) in [5.74, 6) is -0.0502. The van der Waals surface area contributed by atoms with Gasteiger partial charge in [-0.25, -0.2) is 14.4 Å². The van der Waals surface area contributed by atoms with Crippen LogP contribution in [0.3, 0.4) is 0 Å². The Labute approximate surface area is 134 Å². The maximum absolute atomic E-state index is 12.8. The number of nitrogens with one attached hydrogen (secondary N) is 2. The van der Waals surface area contributed by atoms with Crippen molar-refractivity contribution in [2.45, 2.75) is 6.54 Å². The van der Waals surface area contributed by atoms with E-state index in [0.29, 0.717) is 24.6 Å². The van der Waals surface area contributed by atoms with Gasteiger partial charge in [0.25, 0.3) is 5.91 Å². The van der Waals surface area contributed by atoms with Crippen LogP contribution >= 0.6 is 0 Å². The summed E-state index contributed by atoms with van der Waals surface area (Å²) in [6.45, 7) is 1.81. The minimum atomic E-state index is -0.269. The second kappa shape index (κ2) is 8.19. The van der Waals surface area contributed by atoms with Gasteiger partial charge in [-0.15, -0.1) is 0 Å². The Morgan fingerprint density at radius 2 is 1.83 bits per heavy atom. The van der Waals surface area contributed by atoms with E-state index in [1.165, 1.54) is 24.5 Å². The van der Waals surface area contributed by atoms with Gasteiger partial charge in [0.2, 0.25) is 5.95 Å². The zero-order valence-electron chi connectivity index (χ0n) is 13.2. The molecular weight excluding hydrogens is 297 g/mol. The molecule has 1 aromatic carbocycles. The Morgan fingerprint density at radius 1 is 1.17 bits per heavy atom. The Bertz CT molecular complexity index is 628. The molecular formula is C16H20FN5O. The highest BCUT2D eigenvalue weighted by atomic mass is 19.1. The second-order valence-corrected chi connectivity index (χ2v) is 5.33. The van der Waals surface area contributed by atoms with Crippen LogP contribution in [0.25, 0.3) is 0 Å². The lowest BCUT2D eigenvalue weighted by Crippen LogP contribution is -2.31. The van der Waals surface area contributed by atoms with Crippen LogP contribution in [0.4, 0.5) is 10.3 Å². The smallest absolute Gasteiger partial charge is 0.254 e. The average molecular weight is 317 g/mol. The fourth-order valence-electron chi connectivity index (χ4n) is 1.82. The summed E-state index contributed by atoms with van der Waals surface area (Å²) >= 11 is 0. The SMILES string of the molecule is CN(C)CCNC(=O)c1cnc(NCc2ccc(F)cc2)nc1. The summed E-state index contributed by atoms with van der Waals surface area (Å²) in [6.07, 6.45) is 2.95. The number of rotatable bonds is 7. The largest absolute Gasteiger partial charge is 0.351 e. The van der Waals surface area contributed by atoms with E-state index in [-0.39, 0.29) is 11.7 Å². The number of halogens is 1. The fourth-order valence-corrected chi connectivity index (χ4v) is 1.82. The summed E-state index contributed by atoms with van der Waals surface area (Å²) in [6, 6.07) is 6.18. The van der Waals surface area contributed by atoms with Crippen molar-refractivity contribution < 1.29 is 9.18 Å². The molecule has 0 saturated carbocycles. The van der Waals surface area contributed by atoms with Gasteiger partial charge in [-0.3, -0.25) is 4.79 Å². The third-order valence-electron chi connectivity index (χ3n) is 3.12. The number of amides is 1. The highest BCUT2D eigenvalue weighted by molar-refractivity contribution is 5.93. The van der Waals surface area contributed by atoms with E-state index in [2.05, 4.69) is 20.6 Å². The summed E-state index contributed by atoms with van der Waals surface area (Å²) < 4.78 is 12.8. The van der Waals surface area contributed by atoms with E-state index in [9.17, 15) is 9.18 Å². The molecule has 0 unspecified atom stereocenters. The Balaban J connectivity index is 1.84. The molecule has 122 valence electrons. The zero-order valence-corrected chi connectivity index (χ0v) is 13.2. The number of carbonyl (C=O) groups is 1. The van der Waals surface area contributed by atoms with Crippen molar-refractivity contribution >= 4 is 11.9 Å². The van der Waals surface area contributed by atoms with Crippen LogP contribution in [-0.4, -0.2) is 48.0 Å². The van der Waals surface area contributed by atoms with Gasteiger partial charge in [0.15, 0.2) is 0 Å². The number of anilines is 1. The van der Waals surface area contributed by atoms with Crippen LogP contribution in [0.2, 0.25) is 0 Å². The Kier molecular flexibility index (Phi) is 5.99. The van der Waals surface area contributed by atoms with Gasteiger partial charge in [-0.2, -0.15) is 0 Å². The molecule has 1 heterocycles. The molecule has 0 saturated heterocycles. The van der Waals surface area contributed by atoms with Gasteiger partial charge < -0.3 is 15.5 Å². The molecule has 2 N–H and O–H groups in total. The third-order valence-corrected chi connectivity index (χ3v) is 3.12. The zero-order chi connectivity index (χ0) is 16.7. The Morgan fingerprint density at radius 3 is 2.43 bits per heavy atom. The number of hydrogen-bond donors (Lipinski definition) is 2. The molecule has 1 amide bonds. The third kappa shape index (κ3) is 5.63. The molecule has 0 spiro atoms. The van der Waals surface area contributed by atoms with Crippen LogP contribution in [0.1, 0.15) is 15.9 Å². The van der Waals surface area contributed by atoms with Gasteiger partial charge in [0, 0.05) is 32.0 Å². The van der Waals surface area contributed by atoms with Gasteiger partial charge in [0.05, 0.1) is 5.56 Å². The molecule has 0 radical (unpaired) electrons. The maximum atomic E-state index is 12.8. The maximum Gasteiger partial charge on any atom is 0.254 e. The van der Waals surface area contributed by atoms with Crippen molar-refractivity contribution in [2.75, 3.05) is 32.5 Å². The molecule has 0 fully saturated rings. The van der Waals surface area contributed by atoms with E-state index in [0.717, 1.165) is 12.1 Å². The van der Waals surface area contributed by atoms with Crippen molar-refractivity contribution in [1.82, 2.24) is 20.2 Å². The first kappa shape index (κ1) is 16.8. The number of nitrogens with zero attached hydrogens (tertiary/aromatic N) is 3. The van der Waals surface area contributed by atoms with E-state index < -0.39 is 0 Å². The van der Waals surface area contributed by atoms with Crippen molar-refractivity contribution in [2.24, 2.45) is 0 Å². The quantitative estimate of drug-likeness (QED) is 0.810. The summed E-state index contributed by atoms with van der Waals surface area (Å²) in [7, 11) is 3.88. The molecule has 0 aliphatic rings. The van der Waals surface area contributed by atoms with Crippen LogP contribution in [0.15, 0.2) is 36.7 Å². The summed E-state index contributed by atoms with van der Waals surface area (Å²) in [5, 5.41) is 5.82. The first-order valence-corrected chi connectivity index (χ1v) is 7.28. The van der Waals surface area contributed by atoms with E-state index in [4.69, 9.17) is 0 Å². The normalized spacial score (nSPS) is 10.6. The molecule has 23 heavy (non-hydrogen) atoms. The van der Waals surface area contributed by atoms with Gasteiger partial charge in [-0.1, -0.05) is 12.1 Å². The molecule has 0 bridgehead atoms. The standard InChI is InChI=1S/C16H20FN5O/c1-22(2)8-7-18-15(23)13-10-20-16(21-11-13)19-9-12-3-5-14(17)6-4-12/h3-6,10-11H,7-9H2,1-2H3,(H,18,23)(H,19,20,21). The van der Waals surface area contributed by atoms with E-state index in [1.807, 2.05) is 19.0 Å². The molecule has 0 aliphatic heterocycles. The van der Waals surface area contributed by atoms with Gasteiger partial charge in [0.1, 0.15) is 5.82 Å². The lowest BCUT2D eigenvalue weighted by atomic mass is 10.2. The lowest BCUT2D eigenvalue weighted by molar-refractivity contribution is 0.0950. The van der Waals surface area contributed by atoms with Crippen LogP contribution in [0.5, 0.6) is 0 Å². The van der Waals surface area contributed by atoms with Crippen molar-refractivity contribution in [1.29, 1.82) is 0 Å². The van der Waals surface area contributed by atoms with E-state index >= 15 is 0 Å². The first-order chi connectivity index (χ1) is 11.0. The van der Waals surface area contributed by atoms with Crippen molar-refractivity contribution in [3.8, 4) is 0 Å².